The quantitative estimate of drug-likeness (QED) is 0.363. The first-order chi connectivity index (χ1) is 15.5. The van der Waals surface area contributed by atoms with Gasteiger partial charge >= 0.3 is 0 Å². The van der Waals surface area contributed by atoms with Crippen LogP contribution in [0.15, 0.2) is 82.0 Å². The lowest BCUT2D eigenvalue weighted by atomic mass is 10.1. The van der Waals surface area contributed by atoms with E-state index in [1.54, 1.807) is 18.2 Å². The van der Waals surface area contributed by atoms with Crippen LogP contribution in [0.1, 0.15) is 5.56 Å². The number of aromatic nitrogens is 1. The van der Waals surface area contributed by atoms with Crippen LogP contribution in [0.25, 0.3) is 21.7 Å². The van der Waals surface area contributed by atoms with Gasteiger partial charge in [-0.1, -0.05) is 42.5 Å². The molecule has 0 saturated heterocycles. The Morgan fingerprint density at radius 2 is 1.55 bits per heavy atom. The Labute approximate surface area is 194 Å². The summed E-state index contributed by atoms with van der Waals surface area (Å²) in [5.74, 6) is -1.51. The highest BCUT2D eigenvalue weighted by Gasteiger charge is 2.27. The summed E-state index contributed by atoms with van der Waals surface area (Å²) in [6.45, 7) is 0. The number of benzene rings is 3. The Bertz CT molecular complexity index is 1540. The Kier molecular flexibility index (Phi) is 6.17. The van der Waals surface area contributed by atoms with Crippen molar-refractivity contribution < 1.29 is 25.6 Å². The van der Waals surface area contributed by atoms with Crippen molar-refractivity contribution in [3.05, 3.63) is 90.0 Å². The summed E-state index contributed by atoms with van der Waals surface area (Å²) >= 11 is 0.853. The first kappa shape index (κ1) is 23.2. The van der Waals surface area contributed by atoms with Crippen molar-refractivity contribution >= 4 is 31.0 Å². The fourth-order valence-electron chi connectivity index (χ4n) is 3.31. The Morgan fingerprint density at radius 1 is 0.848 bits per heavy atom. The van der Waals surface area contributed by atoms with Crippen molar-refractivity contribution in [1.82, 2.24) is 4.98 Å². The number of halogens is 2. The molecule has 1 heterocycles. The first-order valence-corrected chi connectivity index (χ1v) is 13.9. The predicted molar refractivity (Wildman–Crippen MR) is 123 cm³/mol. The number of hydrogen-bond donors (Lipinski definition) is 0. The van der Waals surface area contributed by atoms with Crippen LogP contribution in [0.4, 0.5) is 8.78 Å². The zero-order chi connectivity index (χ0) is 23.8. The average Bonchev–Trinajstić information content (AvgIpc) is 3.20. The smallest absolute Gasteiger partial charge is 0.210 e. The van der Waals surface area contributed by atoms with Gasteiger partial charge in [-0.25, -0.2) is 30.6 Å². The highest BCUT2D eigenvalue weighted by atomic mass is 32.2. The third-order valence-corrected chi connectivity index (χ3v) is 9.17. The molecule has 170 valence electrons. The molecule has 0 saturated carbocycles. The van der Waals surface area contributed by atoms with E-state index < -0.39 is 37.1 Å². The molecular weight excluding hydrogens is 488 g/mol. The Hall–Kier alpha value is -2.95. The fourth-order valence-corrected chi connectivity index (χ4v) is 6.92. The minimum absolute atomic E-state index is 0.00672. The number of thiazole rings is 1. The summed E-state index contributed by atoms with van der Waals surface area (Å²) in [6, 6.07) is 16.8. The van der Waals surface area contributed by atoms with Gasteiger partial charge in [0.1, 0.15) is 11.6 Å². The molecule has 0 fully saturated rings. The summed E-state index contributed by atoms with van der Waals surface area (Å²) in [4.78, 5) is 4.69. The van der Waals surface area contributed by atoms with Crippen LogP contribution in [-0.4, -0.2) is 28.1 Å². The number of rotatable bonds is 6. The summed E-state index contributed by atoms with van der Waals surface area (Å²) < 4.78 is 77.8. The molecule has 0 atom stereocenters. The van der Waals surface area contributed by atoms with Gasteiger partial charge in [0.05, 0.1) is 21.2 Å². The van der Waals surface area contributed by atoms with E-state index in [4.69, 9.17) is 0 Å². The van der Waals surface area contributed by atoms with E-state index in [0.717, 1.165) is 23.7 Å². The van der Waals surface area contributed by atoms with Gasteiger partial charge in [-0.05, 0) is 41.5 Å². The first-order valence-electron chi connectivity index (χ1n) is 9.58. The minimum Gasteiger partial charge on any atom is -0.224 e. The Morgan fingerprint density at radius 3 is 2.21 bits per heavy atom. The van der Waals surface area contributed by atoms with Crippen LogP contribution in [0.3, 0.4) is 0 Å². The van der Waals surface area contributed by atoms with Crippen LogP contribution in [0.5, 0.6) is 0 Å². The van der Waals surface area contributed by atoms with Gasteiger partial charge in [0, 0.05) is 11.8 Å². The van der Waals surface area contributed by atoms with Crippen LogP contribution >= 0.6 is 11.3 Å². The molecule has 10 heteroatoms. The third kappa shape index (κ3) is 5.02. The molecule has 1 aromatic heterocycles. The predicted octanol–water partition coefficient (Wildman–Crippen LogP) is 5.13. The molecule has 0 bridgehead atoms. The van der Waals surface area contributed by atoms with Gasteiger partial charge in [0.15, 0.2) is 9.84 Å². The summed E-state index contributed by atoms with van der Waals surface area (Å²) in [7, 11) is -7.64. The van der Waals surface area contributed by atoms with Crippen LogP contribution in [0.2, 0.25) is 0 Å². The summed E-state index contributed by atoms with van der Waals surface area (Å²) in [5.41, 5.74) is 1.14. The normalized spacial score (nSPS) is 12.1. The van der Waals surface area contributed by atoms with E-state index in [2.05, 4.69) is 4.98 Å². The lowest BCUT2D eigenvalue weighted by Gasteiger charge is -2.08. The highest BCUT2D eigenvalue weighted by molar-refractivity contribution is 7.92. The van der Waals surface area contributed by atoms with Crippen molar-refractivity contribution in [3.8, 4) is 21.7 Å². The average molecular weight is 506 g/mol. The molecule has 4 aromatic rings. The maximum absolute atomic E-state index is 13.5. The van der Waals surface area contributed by atoms with E-state index in [1.807, 2.05) is 0 Å². The monoisotopic (exact) mass is 505 g/mol. The van der Waals surface area contributed by atoms with Crippen molar-refractivity contribution in [2.24, 2.45) is 0 Å². The van der Waals surface area contributed by atoms with Crippen LogP contribution in [0, 0.1) is 11.6 Å². The number of nitrogens with zero attached hydrogens (tertiary/aromatic N) is 1. The van der Waals surface area contributed by atoms with E-state index >= 15 is 0 Å². The van der Waals surface area contributed by atoms with E-state index in [9.17, 15) is 25.6 Å². The summed E-state index contributed by atoms with van der Waals surface area (Å²) in [6.07, 6.45) is 1.05. The van der Waals surface area contributed by atoms with Gasteiger partial charge in [-0.2, -0.15) is 0 Å². The standard InChI is InChI=1S/C23H17F2NO4S3/c1-32(27,28)20-8-3-2-7-19(20)21-22(16-9-11-17(24)12-10-16)31-23(26-21)33(29,30)14-15-5-4-6-18(25)13-15/h2-13H,14H2,1H3. The van der Waals surface area contributed by atoms with Crippen LogP contribution < -0.4 is 0 Å². The molecule has 0 aliphatic carbocycles. The second kappa shape index (κ2) is 8.77. The molecule has 0 radical (unpaired) electrons. The lowest BCUT2D eigenvalue weighted by Crippen LogP contribution is -2.05. The second-order valence-electron chi connectivity index (χ2n) is 7.32. The molecule has 0 aliphatic heterocycles. The topological polar surface area (TPSA) is 81.2 Å². The largest absolute Gasteiger partial charge is 0.224 e. The molecule has 0 aliphatic rings. The highest BCUT2D eigenvalue weighted by Crippen LogP contribution is 2.41. The molecule has 0 spiro atoms. The zero-order valence-electron chi connectivity index (χ0n) is 17.2. The molecule has 3 aromatic carbocycles. The zero-order valence-corrected chi connectivity index (χ0v) is 19.6. The SMILES string of the molecule is CS(=O)(=O)c1ccccc1-c1nc(S(=O)(=O)Cc2cccc(F)c2)sc1-c1ccc(F)cc1. The van der Waals surface area contributed by atoms with E-state index in [-0.39, 0.29) is 26.1 Å². The van der Waals surface area contributed by atoms with Crippen molar-refractivity contribution in [2.75, 3.05) is 6.26 Å². The number of sulfone groups is 2. The molecule has 0 unspecified atom stereocenters. The van der Waals surface area contributed by atoms with Gasteiger partial charge in [0.25, 0.3) is 0 Å². The molecule has 33 heavy (non-hydrogen) atoms. The Balaban J connectivity index is 1.91. The molecule has 0 N–H and O–H groups in total. The van der Waals surface area contributed by atoms with Crippen molar-refractivity contribution in [3.63, 3.8) is 0 Å². The molecule has 4 rings (SSSR count). The molecule has 5 nitrogen and oxygen atoms in total. The number of hydrogen-bond acceptors (Lipinski definition) is 6. The van der Waals surface area contributed by atoms with Gasteiger partial charge in [0.2, 0.25) is 14.2 Å². The lowest BCUT2D eigenvalue weighted by molar-refractivity contribution is 0.593. The fraction of sp³-hybridized carbons (Fsp3) is 0.0870. The summed E-state index contributed by atoms with van der Waals surface area (Å²) in [5, 5.41) is 0. The van der Waals surface area contributed by atoms with E-state index in [0.29, 0.717) is 10.4 Å². The van der Waals surface area contributed by atoms with Crippen molar-refractivity contribution in [2.45, 2.75) is 15.0 Å². The van der Waals surface area contributed by atoms with Crippen LogP contribution in [-0.2, 0) is 25.4 Å². The van der Waals surface area contributed by atoms with Gasteiger partial charge < -0.3 is 0 Å². The molecular formula is C23H17F2NO4S3. The minimum atomic E-state index is -3.99. The molecule has 0 amide bonds. The third-order valence-electron chi connectivity index (χ3n) is 4.77. The maximum Gasteiger partial charge on any atom is 0.210 e. The van der Waals surface area contributed by atoms with E-state index in [1.165, 1.54) is 48.5 Å². The second-order valence-corrected chi connectivity index (χ2v) is 12.5. The maximum atomic E-state index is 13.5. The van der Waals surface area contributed by atoms with Gasteiger partial charge in [-0.3, -0.25) is 0 Å². The van der Waals surface area contributed by atoms with Crippen molar-refractivity contribution in [1.29, 1.82) is 0 Å². The van der Waals surface area contributed by atoms with Gasteiger partial charge in [-0.15, -0.1) is 11.3 Å².